The third kappa shape index (κ3) is 4.03. The Balaban J connectivity index is 2.71. The number of alkyl halides is 1. The molecule has 1 aromatic carbocycles. The number of rotatable bonds is 4. The van der Waals surface area contributed by atoms with Gasteiger partial charge in [0.25, 0.3) is 5.69 Å². The number of nitro benzene ring substituents is 1. The smallest absolute Gasteiger partial charge is 0.321 e. The van der Waals surface area contributed by atoms with Crippen LogP contribution < -0.4 is 5.32 Å². The van der Waals surface area contributed by atoms with Crippen LogP contribution in [-0.2, 0) is 0 Å². The number of hydrogen-bond donors (Lipinski definition) is 1. The fourth-order valence-electron chi connectivity index (χ4n) is 1.14. The highest BCUT2D eigenvalue weighted by molar-refractivity contribution is 9.09. The van der Waals surface area contributed by atoms with Gasteiger partial charge in [-0.1, -0.05) is 22.0 Å². The van der Waals surface area contributed by atoms with E-state index in [9.17, 15) is 14.9 Å². The molecule has 0 saturated carbocycles. The summed E-state index contributed by atoms with van der Waals surface area (Å²) in [7, 11) is 1.65. The number of halogens is 1. The Labute approximate surface area is 107 Å². The Morgan fingerprint density at radius 2 is 2.29 bits per heavy atom. The predicted octanol–water partition coefficient (Wildman–Crippen LogP) is 2.45. The Morgan fingerprint density at radius 1 is 1.59 bits per heavy atom. The highest BCUT2D eigenvalue weighted by Gasteiger charge is 2.10. The minimum Gasteiger partial charge on any atom is -0.327 e. The number of nitrogens with zero attached hydrogens (tertiary/aromatic N) is 2. The lowest BCUT2D eigenvalue weighted by molar-refractivity contribution is -0.384. The van der Waals surface area contributed by atoms with Crippen molar-refractivity contribution in [3.05, 3.63) is 34.4 Å². The SMILES string of the molecule is CN(CCBr)C(=O)Nc1cccc([N+](=O)[O-])c1. The van der Waals surface area contributed by atoms with Crippen molar-refractivity contribution in [1.82, 2.24) is 4.90 Å². The van der Waals surface area contributed by atoms with Gasteiger partial charge >= 0.3 is 6.03 Å². The molecule has 0 aliphatic rings. The summed E-state index contributed by atoms with van der Waals surface area (Å²) in [5.74, 6) is 0. The standard InChI is InChI=1S/C10H12BrN3O3/c1-13(6-5-11)10(15)12-8-3-2-4-9(7-8)14(16)17/h2-4,7H,5-6H2,1H3,(H,12,15). The summed E-state index contributed by atoms with van der Waals surface area (Å²) in [6.07, 6.45) is 0. The molecular formula is C10H12BrN3O3. The van der Waals surface area contributed by atoms with Gasteiger partial charge in [0.2, 0.25) is 0 Å². The van der Waals surface area contributed by atoms with E-state index >= 15 is 0 Å². The van der Waals surface area contributed by atoms with Crippen molar-refractivity contribution >= 4 is 33.3 Å². The average molecular weight is 302 g/mol. The van der Waals surface area contributed by atoms with Gasteiger partial charge in [-0.15, -0.1) is 0 Å². The summed E-state index contributed by atoms with van der Waals surface area (Å²) in [6, 6.07) is 5.52. The van der Waals surface area contributed by atoms with Crippen LogP contribution in [0, 0.1) is 10.1 Å². The van der Waals surface area contributed by atoms with E-state index in [0.29, 0.717) is 17.6 Å². The van der Waals surface area contributed by atoms with Crippen LogP contribution >= 0.6 is 15.9 Å². The van der Waals surface area contributed by atoms with Crippen LogP contribution in [-0.4, -0.2) is 34.8 Å². The van der Waals surface area contributed by atoms with Gasteiger partial charge in [-0.2, -0.15) is 0 Å². The Hall–Kier alpha value is -1.63. The Kier molecular flexibility index (Phi) is 4.89. The minimum absolute atomic E-state index is 0.0501. The fourth-order valence-corrected chi connectivity index (χ4v) is 1.68. The third-order valence-corrected chi connectivity index (χ3v) is 2.43. The first-order chi connectivity index (χ1) is 8.04. The zero-order chi connectivity index (χ0) is 12.8. The number of amides is 2. The van der Waals surface area contributed by atoms with Crippen molar-refractivity contribution in [2.75, 3.05) is 24.2 Å². The largest absolute Gasteiger partial charge is 0.327 e. The highest BCUT2D eigenvalue weighted by Crippen LogP contribution is 2.17. The number of carbonyl (C=O) groups excluding carboxylic acids is 1. The van der Waals surface area contributed by atoms with Crippen molar-refractivity contribution in [2.24, 2.45) is 0 Å². The molecule has 0 bridgehead atoms. The van der Waals surface area contributed by atoms with E-state index in [-0.39, 0.29) is 11.7 Å². The number of urea groups is 1. The molecule has 0 aromatic heterocycles. The third-order valence-electron chi connectivity index (χ3n) is 2.07. The topological polar surface area (TPSA) is 75.5 Å². The first-order valence-corrected chi connectivity index (χ1v) is 5.99. The van der Waals surface area contributed by atoms with Gasteiger partial charge < -0.3 is 10.2 Å². The molecule has 0 heterocycles. The fraction of sp³-hybridized carbons (Fsp3) is 0.300. The molecule has 0 fully saturated rings. The number of nitro groups is 1. The second kappa shape index (κ2) is 6.19. The van der Waals surface area contributed by atoms with Gasteiger partial charge in [-0.05, 0) is 6.07 Å². The number of nitrogens with one attached hydrogen (secondary N) is 1. The van der Waals surface area contributed by atoms with Crippen molar-refractivity contribution in [1.29, 1.82) is 0 Å². The molecule has 0 aliphatic carbocycles. The van der Waals surface area contributed by atoms with E-state index in [4.69, 9.17) is 0 Å². The van der Waals surface area contributed by atoms with E-state index in [1.807, 2.05) is 0 Å². The summed E-state index contributed by atoms with van der Waals surface area (Å²) in [6.45, 7) is 0.556. The predicted molar refractivity (Wildman–Crippen MR) is 68.5 cm³/mol. The van der Waals surface area contributed by atoms with Crippen molar-refractivity contribution < 1.29 is 9.72 Å². The Bertz CT molecular complexity index is 425. The van der Waals surface area contributed by atoms with Crippen LogP contribution in [0.4, 0.5) is 16.2 Å². The molecule has 1 N–H and O–H groups in total. The second-order valence-electron chi connectivity index (χ2n) is 3.35. The molecule has 7 heteroatoms. The van der Waals surface area contributed by atoms with Crippen LogP contribution in [0.15, 0.2) is 24.3 Å². The van der Waals surface area contributed by atoms with Gasteiger partial charge in [0.05, 0.1) is 4.92 Å². The van der Waals surface area contributed by atoms with Gasteiger partial charge in [0.1, 0.15) is 0 Å². The van der Waals surface area contributed by atoms with E-state index in [2.05, 4.69) is 21.2 Å². The highest BCUT2D eigenvalue weighted by atomic mass is 79.9. The van der Waals surface area contributed by atoms with Crippen LogP contribution in [0.25, 0.3) is 0 Å². The summed E-state index contributed by atoms with van der Waals surface area (Å²) in [4.78, 5) is 23.1. The van der Waals surface area contributed by atoms with Crippen LogP contribution in [0.3, 0.4) is 0 Å². The van der Waals surface area contributed by atoms with Gasteiger partial charge in [0, 0.05) is 36.7 Å². The molecule has 0 unspecified atom stereocenters. The Morgan fingerprint density at radius 3 is 2.88 bits per heavy atom. The molecular weight excluding hydrogens is 290 g/mol. The number of hydrogen-bond acceptors (Lipinski definition) is 3. The zero-order valence-electron chi connectivity index (χ0n) is 9.22. The van der Waals surface area contributed by atoms with Gasteiger partial charge in [0.15, 0.2) is 0 Å². The molecule has 0 aliphatic heterocycles. The van der Waals surface area contributed by atoms with Crippen molar-refractivity contribution in [3.8, 4) is 0 Å². The van der Waals surface area contributed by atoms with Crippen LogP contribution in [0.1, 0.15) is 0 Å². The number of anilines is 1. The molecule has 6 nitrogen and oxygen atoms in total. The lowest BCUT2D eigenvalue weighted by Gasteiger charge is -2.16. The lowest BCUT2D eigenvalue weighted by Crippen LogP contribution is -2.32. The first kappa shape index (κ1) is 13.4. The molecule has 1 aromatic rings. The van der Waals surface area contributed by atoms with Gasteiger partial charge in [-0.3, -0.25) is 10.1 Å². The molecule has 17 heavy (non-hydrogen) atoms. The van der Waals surface area contributed by atoms with E-state index in [1.165, 1.54) is 23.1 Å². The maximum absolute atomic E-state index is 11.6. The average Bonchev–Trinajstić information content (AvgIpc) is 2.29. The molecule has 1 rings (SSSR count). The lowest BCUT2D eigenvalue weighted by atomic mass is 10.3. The molecule has 0 radical (unpaired) electrons. The molecule has 92 valence electrons. The van der Waals surface area contributed by atoms with E-state index in [1.54, 1.807) is 13.1 Å². The second-order valence-corrected chi connectivity index (χ2v) is 4.14. The van der Waals surface area contributed by atoms with Gasteiger partial charge in [-0.25, -0.2) is 4.79 Å². The van der Waals surface area contributed by atoms with Crippen molar-refractivity contribution in [2.45, 2.75) is 0 Å². The minimum atomic E-state index is -0.502. The van der Waals surface area contributed by atoms with E-state index in [0.717, 1.165) is 0 Å². The van der Waals surface area contributed by atoms with Crippen LogP contribution in [0.5, 0.6) is 0 Å². The molecule has 0 spiro atoms. The number of benzene rings is 1. The monoisotopic (exact) mass is 301 g/mol. The molecule has 2 amide bonds. The number of non-ortho nitro benzene ring substituents is 1. The normalized spacial score (nSPS) is 9.76. The summed E-state index contributed by atoms with van der Waals surface area (Å²) >= 11 is 3.22. The van der Waals surface area contributed by atoms with Crippen LogP contribution in [0.2, 0.25) is 0 Å². The first-order valence-electron chi connectivity index (χ1n) is 4.87. The maximum Gasteiger partial charge on any atom is 0.321 e. The number of carbonyl (C=O) groups is 1. The molecule has 0 saturated heterocycles. The summed E-state index contributed by atoms with van der Waals surface area (Å²) in [5.41, 5.74) is 0.358. The summed E-state index contributed by atoms with van der Waals surface area (Å²) in [5, 5.41) is 13.8. The van der Waals surface area contributed by atoms with Crippen molar-refractivity contribution in [3.63, 3.8) is 0 Å². The summed E-state index contributed by atoms with van der Waals surface area (Å²) < 4.78 is 0. The zero-order valence-corrected chi connectivity index (χ0v) is 10.8. The molecule has 0 atom stereocenters. The van der Waals surface area contributed by atoms with E-state index < -0.39 is 4.92 Å². The quantitative estimate of drug-likeness (QED) is 0.527. The maximum atomic E-state index is 11.6.